The number of piperidine rings is 1. The molecule has 2 aliphatic rings. The Morgan fingerprint density at radius 1 is 0.944 bits per heavy atom. The first-order valence-corrected chi connectivity index (χ1v) is 7.54. The van der Waals surface area contributed by atoms with E-state index in [1.807, 2.05) is 0 Å². The van der Waals surface area contributed by atoms with Crippen molar-refractivity contribution in [3.8, 4) is 0 Å². The first kappa shape index (κ1) is 14.3. The molecule has 0 aromatic carbocycles. The van der Waals surface area contributed by atoms with Crippen molar-refractivity contribution in [3.63, 3.8) is 0 Å². The summed E-state index contributed by atoms with van der Waals surface area (Å²) in [6.45, 7) is 9.04. The molecule has 1 saturated heterocycles. The third-order valence-electron chi connectivity index (χ3n) is 4.43. The van der Waals surface area contributed by atoms with Crippen LogP contribution in [-0.4, -0.2) is 28.3 Å². The highest BCUT2D eigenvalue weighted by Gasteiger charge is 2.46. The Labute approximate surface area is 112 Å². The fourth-order valence-electron chi connectivity index (χ4n) is 3.95. The lowest BCUT2D eigenvalue weighted by molar-refractivity contribution is -0.309. The number of hydroxylamine groups is 2. The minimum atomic E-state index is 0.0403. The molecule has 0 aromatic heterocycles. The monoisotopic (exact) mass is 254 g/mol. The Morgan fingerprint density at radius 2 is 1.44 bits per heavy atom. The maximum atomic E-state index is 6.39. The van der Waals surface area contributed by atoms with E-state index in [0.29, 0.717) is 12.1 Å². The standard InChI is InChI=1S/C15H30N2O/c1-14(2)10-12(16)11-15(3,4)17(14)18-13-8-6-5-7-9-13/h12-13H,5-11,16H2,1-4H3. The molecule has 106 valence electrons. The number of nitrogens with zero attached hydrogens (tertiary/aromatic N) is 1. The Hall–Kier alpha value is -0.120. The van der Waals surface area contributed by atoms with Gasteiger partial charge in [0.2, 0.25) is 0 Å². The second kappa shape index (κ2) is 5.10. The Bertz CT molecular complexity index is 264. The summed E-state index contributed by atoms with van der Waals surface area (Å²) < 4.78 is 0. The van der Waals surface area contributed by atoms with E-state index in [9.17, 15) is 0 Å². The van der Waals surface area contributed by atoms with Crippen LogP contribution in [0.3, 0.4) is 0 Å². The van der Waals surface area contributed by atoms with Crippen LogP contribution in [0.25, 0.3) is 0 Å². The van der Waals surface area contributed by atoms with Gasteiger partial charge in [-0.1, -0.05) is 19.3 Å². The fraction of sp³-hybridized carbons (Fsp3) is 1.00. The SMILES string of the molecule is CC1(C)CC(N)CC(C)(C)N1OC1CCCCC1. The van der Waals surface area contributed by atoms with Crippen molar-refractivity contribution in [2.75, 3.05) is 0 Å². The molecule has 2 rings (SSSR count). The van der Waals surface area contributed by atoms with E-state index in [0.717, 1.165) is 12.8 Å². The summed E-state index contributed by atoms with van der Waals surface area (Å²) in [5.41, 5.74) is 6.28. The second-order valence-corrected chi connectivity index (χ2v) is 7.45. The minimum Gasteiger partial charge on any atom is -0.328 e. The van der Waals surface area contributed by atoms with E-state index in [2.05, 4.69) is 32.8 Å². The zero-order chi connectivity index (χ0) is 13.4. The largest absolute Gasteiger partial charge is 0.328 e. The summed E-state index contributed by atoms with van der Waals surface area (Å²) in [6.07, 6.45) is 8.90. The minimum absolute atomic E-state index is 0.0403. The van der Waals surface area contributed by atoms with Gasteiger partial charge in [-0.25, -0.2) is 0 Å². The van der Waals surface area contributed by atoms with Crippen LogP contribution >= 0.6 is 0 Å². The van der Waals surface area contributed by atoms with Gasteiger partial charge >= 0.3 is 0 Å². The highest BCUT2D eigenvalue weighted by atomic mass is 16.7. The van der Waals surface area contributed by atoms with Crippen LogP contribution in [0.2, 0.25) is 0 Å². The van der Waals surface area contributed by atoms with Gasteiger partial charge in [0.1, 0.15) is 0 Å². The molecular formula is C15H30N2O. The van der Waals surface area contributed by atoms with E-state index in [1.54, 1.807) is 0 Å². The quantitative estimate of drug-likeness (QED) is 0.822. The topological polar surface area (TPSA) is 38.5 Å². The molecule has 1 aliphatic heterocycles. The summed E-state index contributed by atoms with van der Waals surface area (Å²) in [7, 11) is 0. The maximum absolute atomic E-state index is 6.39. The highest BCUT2D eigenvalue weighted by molar-refractivity contribution is 4.98. The van der Waals surface area contributed by atoms with Gasteiger partial charge in [-0.2, -0.15) is 5.06 Å². The molecule has 0 radical (unpaired) electrons. The number of rotatable bonds is 2. The van der Waals surface area contributed by atoms with Gasteiger partial charge in [0.15, 0.2) is 0 Å². The Morgan fingerprint density at radius 3 is 1.94 bits per heavy atom. The summed E-state index contributed by atoms with van der Waals surface area (Å²) in [4.78, 5) is 6.39. The predicted molar refractivity (Wildman–Crippen MR) is 75.2 cm³/mol. The first-order chi connectivity index (χ1) is 8.31. The van der Waals surface area contributed by atoms with E-state index in [4.69, 9.17) is 10.6 Å². The van der Waals surface area contributed by atoms with E-state index in [-0.39, 0.29) is 11.1 Å². The molecular weight excluding hydrogens is 224 g/mol. The van der Waals surface area contributed by atoms with Crippen molar-refractivity contribution in [3.05, 3.63) is 0 Å². The Kier molecular flexibility index (Phi) is 4.05. The van der Waals surface area contributed by atoms with Crippen LogP contribution in [0, 0.1) is 0 Å². The summed E-state index contributed by atoms with van der Waals surface area (Å²) in [5, 5.41) is 2.26. The molecule has 2 fully saturated rings. The van der Waals surface area contributed by atoms with E-state index >= 15 is 0 Å². The molecule has 3 nitrogen and oxygen atoms in total. The molecule has 1 heterocycles. The van der Waals surface area contributed by atoms with Gasteiger partial charge in [0.05, 0.1) is 6.10 Å². The average molecular weight is 254 g/mol. The van der Waals surface area contributed by atoms with Crippen LogP contribution in [0.1, 0.15) is 72.6 Å². The normalized spacial score (nSPS) is 30.5. The number of hydrogen-bond acceptors (Lipinski definition) is 3. The smallest absolute Gasteiger partial charge is 0.0793 e. The molecule has 0 amide bonds. The third kappa shape index (κ3) is 3.06. The first-order valence-electron chi connectivity index (χ1n) is 7.54. The second-order valence-electron chi connectivity index (χ2n) is 7.45. The summed E-state index contributed by atoms with van der Waals surface area (Å²) >= 11 is 0. The summed E-state index contributed by atoms with van der Waals surface area (Å²) in [5.74, 6) is 0. The zero-order valence-electron chi connectivity index (χ0n) is 12.5. The molecule has 1 aliphatic carbocycles. The third-order valence-corrected chi connectivity index (χ3v) is 4.43. The predicted octanol–water partition coefficient (Wildman–Crippen LogP) is 3.23. The van der Waals surface area contributed by atoms with Gasteiger partial charge in [-0.15, -0.1) is 0 Å². The average Bonchev–Trinajstić information content (AvgIpc) is 2.23. The zero-order valence-corrected chi connectivity index (χ0v) is 12.5. The molecule has 0 atom stereocenters. The van der Waals surface area contributed by atoms with Crippen molar-refractivity contribution < 1.29 is 4.84 Å². The van der Waals surface area contributed by atoms with Crippen molar-refractivity contribution in [2.45, 2.75) is 95.9 Å². The molecule has 0 aromatic rings. The molecule has 1 saturated carbocycles. The van der Waals surface area contributed by atoms with Gasteiger partial charge in [-0.3, -0.25) is 4.84 Å². The van der Waals surface area contributed by atoms with Crippen LogP contribution in [0.5, 0.6) is 0 Å². The fourth-order valence-corrected chi connectivity index (χ4v) is 3.95. The maximum Gasteiger partial charge on any atom is 0.0793 e. The number of hydrogen-bond donors (Lipinski definition) is 1. The Balaban J connectivity index is 2.07. The lowest BCUT2D eigenvalue weighted by Gasteiger charge is -2.54. The van der Waals surface area contributed by atoms with Crippen molar-refractivity contribution in [2.24, 2.45) is 5.73 Å². The molecule has 0 bridgehead atoms. The van der Waals surface area contributed by atoms with E-state index < -0.39 is 0 Å². The van der Waals surface area contributed by atoms with Crippen molar-refractivity contribution >= 4 is 0 Å². The molecule has 2 N–H and O–H groups in total. The van der Waals surface area contributed by atoms with Crippen LogP contribution in [-0.2, 0) is 4.84 Å². The van der Waals surface area contributed by atoms with Crippen molar-refractivity contribution in [1.82, 2.24) is 5.06 Å². The number of nitrogens with two attached hydrogens (primary N) is 1. The van der Waals surface area contributed by atoms with Crippen molar-refractivity contribution in [1.29, 1.82) is 0 Å². The molecule has 3 heteroatoms. The van der Waals surface area contributed by atoms with Gasteiger partial charge in [0.25, 0.3) is 0 Å². The summed E-state index contributed by atoms with van der Waals surface area (Å²) in [6, 6.07) is 0.293. The molecule has 18 heavy (non-hydrogen) atoms. The van der Waals surface area contributed by atoms with Gasteiger partial charge < -0.3 is 5.73 Å². The lowest BCUT2D eigenvalue weighted by Crippen LogP contribution is -2.63. The van der Waals surface area contributed by atoms with Crippen LogP contribution < -0.4 is 5.73 Å². The highest BCUT2D eigenvalue weighted by Crippen LogP contribution is 2.39. The van der Waals surface area contributed by atoms with Gasteiger partial charge in [0, 0.05) is 17.1 Å². The van der Waals surface area contributed by atoms with E-state index in [1.165, 1.54) is 32.1 Å². The lowest BCUT2D eigenvalue weighted by atomic mass is 9.79. The molecule has 0 unspecified atom stereocenters. The van der Waals surface area contributed by atoms with Gasteiger partial charge in [-0.05, 0) is 53.4 Å². The van der Waals surface area contributed by atoms with Crippen LogP contribution in [0.15, 0.2) is 0 Å². The van der Waals surface area contributed by atoms with Crippen LogP contribution in [0.4, 0.5) is 0 Å². The molecule has 0 spiro atoms.